The Balaban J connectivity index is -0.0000000697. The Morgan fingerprint density at radius 3 is 0.667 bits per heavy atom. The van der Waals surface area contributed by atoms with Gasteiger partial charge < -0.3 is 40.1 Å². The molecule has 0 radical (unpaired) electrons. The second-order valence-electron chi connectivity index (χ2n) is 5.00. The summed E-state index contributed by atoms with van der Waals surface area (Å²) in [6.07, 6.45) is 0. The van der Waals surface area contributed by atoms with Crippen molar-refractivity contribution in [2.45, 2.75) is 0 Å². The van der Waals surface area contributed by atoms with Gasteiger partial charge in [0.1, 0.15) is 13.2 Å². The lowest BCUT2D eigenvalue weighted by molar-refractivity contribution is 0.0265. The highest BCUT2D eigenvalue weighted by Gasteiger charge is 2.16. The van der Waals surface area contributed by atoms with Gasteiger partial charge in [-0.05, 0) is 24.3 Å². The molecule has 0 bridgehead atoms. The van der Waals surface area contributed by atoms with Gasteiger partial charge in [0, 0.05) is 0 Å². The topological polar surface area (TPSA) is 174 Å². The normalized spacial score (nSPS) is 6.50. The molecule has 10 nitrogen and oxygen atoms in total. The maximum atomic E-state index is 11.7. The Bertz CT molecular complexity index is 883. The summed E-state index contributed by atoms with van der Waals surface area (Å²) in [7, 11) is 0. The van der Waals surface area contributed by atoms with E-state index < -0.39 is 46.4 Å². The molecule has 2 rings (SSSR count). The summed E-state index contributed by atoms with van der Waals surface area (Å²) in [4.78, 5) is 23.5. The fourth-order valence-corrected chi connectivity index (χ4v) is 1.88. The molecule has 0 unspecified atom stereocenters. The molecule has 0 saturated carbocycles. The van der Waals surface area contributed by atoms with Crippen LogP contribution in [-0.4, -0.2) is 55.8 Å². The van der Waals surface area contributed by atoms with Crippen molar-refractivity contribution in [1.29, 1.82) is 0 Å². The van der Waals surface area contributed by atoms with Gasteiger partial charge in [-0.15, -0.1) is 145 Å². The van der Waals surface area contributed by atoms with Gasteiger partial charge in [-0.2, -0.15) is 0 Å². The SMILES string of the molecule is C=C.C=C.C=C.C=C.C=C.C=C.C=C.C=C.C=C.C=C.C=C.O=C(OCCOC(=O)c1cc(O)c(O)c(O)c1)c1cc(O)c(O)c(O)c1. The number of hydrogen-bond acceptors (Lipinski definition) is 10. The summed E-state index contributed by atoms with van der Waals surface area (Å²) in [5.41, 5.74) is -0.477. The van der Waals surface area contributed by atoms with E-state index in [-0.39, 0.29) is 24.3 Å². The highest BCUT2D eigenvalue weighted by molar-refractivity contribution is 5.92. The van der Waals surface area contributed by atoms with Crippen LogP contribution in [0.15, 0.2) is 169 Å². The molecular weight excluding hydrogens is 616 g/mol. The lowest BCUT2D eigenvalue weighted by atomic mass is 10.2. The van der Waals surface area contributed by atoms with Crippen LogP contribution in [0, 0.1) is 0 Å². The van der Waals surface area contributed by atoms with Crippen LogP contribution in [0.4, 0.5) is 0 Å². The third-order valence-electron chi connectivity index (χ3n) is 3.16. The van der Waals surface area contributed by atoms with Crippen molar-refractivity contribution in [2.24, 2.45) is 0 Å². The molecule has 0 aliphatic rings. The summed E-state index contributed by atoms with van der Waals surface area (Å²) >= 11 is 0. The monoisotopic (exact) mass is 674 g/mol. The van der Waals surface area contributed by atoms with E-state index in [4.69, 9.17) is 9.47 Å². The smallest absolute Gasteiger partial charge is 0.338 e. The van der Waals surface area contributed by atoms with E-state index in [9.17, 15) is 40.2 Å². The van der Waals surface area contributed by atoms with Crippen molar-refractivity contribution in [3.8, 4) is 34.5 Å². The minimum Gasteiger partial charge on any atom is -0.504 e. The maximum absolute atomic E-state index is 11.7. The number of carbonyl (C=O) groups is 2. The van der Waals surface area contributed by atoms with Crippen LogP contribution in [0.3, 0.4) is 0 Å². The molecule has 270 valence electrons. The first-order valence-electron chi connectivity index (χ1n) is 12.5. The Hall–Kier alpha value is -6.68. The fraction of sp³-hybridized carbons (Fsp3) is 0.0526. The molecular formula is C38H58O10. The maximum Gasteiger partial charge on any atom is 0.338 e. The van der Waals surface area contributed by atoms with Gasteiger partial charge in [0.05, 0.1) is 11.1 Å². The minimum atomic E-state index is -0.952. The lowest BCUT2D eigenvalue weighted by Gasteiger charge is -2.09. The van der Waals surface area contributed by atoms with Gasteiger partial charge in [0.2, 0.25) is 0 Å². The molecule has 0 spiro atoms. The first-order chi connectivity index (χ1) is 23.2. The molecule has 2 aromatic rings. The number of phenols is 6. The number of rotatable bonds is 5. The average Bonchev–Trinajstić information content (AvgIpc) is 3.19. The Morgan fingerprint density at radius 1 is 0.375 bits per heavy atom. The fourth-order valence-electron chi connectivity index (χ4n) is 1.88. The molecule has 2 aromatic carbocycles. The van der Waals surface area contributed by atoms with Crippen molar-refractivity contribution in [3.63, 3.8) is 0 Å². The van der Waals surface area contributed by atoms with Crippen LogP contribution >= 0.6 is 0 Å². The van der Waals surface area contributed by atoms with Gasteiger partial charge in [0.15, 0.2) is 34.5 Å². The summed E-state index contributed by atoms with van der Waals surface area (Å²) in [6.45, 7) is 65.3. The Morgan fingerprint density at radius 2 is 0.521 bits per heavy atom. The molecule has 48 heavy (non-hydrogen) atoms. The highest BCUT2D eigenvalue weighted by atomic mass is 16.6. The molecule has 10 heteroatoms. The molecule has 0 aromatic heterocycles. The number of aromatic hydroxyl groups is 6. The van der Waals surface area contributed by atoms with Crippen molar-refractivity contribution in [1.82, 2.24) is 0 Å². The van der Waals surface area contributed by atoms with Gasteiger partial charge in [-0.25, -0.2) is 9.59 Å². The van der Waals surface area contributed by atoms with E-state index in [1.807, 2.05) is 0 Å². The predicted octanol–water partition coefficient (Wildman–Crippen LogP) is 9.76. The van der Waals surface area contributed by atoms with E-state index in [1.54, 1.807) is 0 Å². The van der Waals surface area contributed by atoms with Crippen LogP contribution in [0.2, 0.25) is 0 Å². The summed E-state index contributed by atoms with van der Waals surface area (Å²) in [5.74, 6) is -6.32. The molecule has 0 aliphatic heterocycles. The molecule has 0 aliphatic carbocycles. The van der Waals surface area contributed by atoms with Gasteiger partial charge >= 0.3 is 11.9 Å². The zero-order valence-electron chi connectivity index (χ0n) is 28.6. The first kappa shape index (κ1) is 68.5. The second kappa shape index (κ2) is 63.5. The van der Waals surface area contributed by atoms with Crippen LogP contribution in [0.5, 0.6) is 34.5 Å². The molecule has 0 amide bonds. The molecule has 0 fully saturated rings. The van der Waals surface area contributed by atoms with Crippen molar-refractivity contribution >= 4 is 11.9 Å². The molecule has 0 heterocycles. The summed E-state index contributed by atoms with van der Waals surface area (Å²) in [5, 5.41) is 55.7. The summed E-state index contributed by atoms with van der Waals surface area (Å²) < 4.78 is 9.54. The number of hydrogen-bond donors (Lipinski definition) is 6. The van der Waals surface area contributed by atoms with E-state index in [0.717, 1.165) is 24.3 Å². The zero-order valence-corrected chi connectivity index (χ0v) is 28.6. The number of esters is 2. The molecule has 0 atom stereocenters. The second-order valence-corrected chi connectivity index (χ2v) is 5.00. The first-order valence-corrected chi connectivity index (χ1v) is 12.5. The molecule has 6 N–H and O–H groups in total. The third-order valence-corrected chi connectivity index (χ3v) is 3.16. The van der Waals surface area contributed by atoms with Crippen molar-refractivity contribution in [3.05, 3.63) is 180 Å². The van der Waals surface area contributed by atoms with E-state index >= 15 is 0 Å². The summed E-state index contributed by atoms with van der Waals surface area (Å²) in [6, 6.07) is 3.52. The Labute approximate surface area is 289 Å². The predicted molar refractivity (Wildman–Crippen MR) is 207 cm³/mol. The van der Waals surface area contributed by atoms with Crippen LogP contribution in [-0.2, 0) is 9.47 Å². The van der Waals surface area contributed by atoms with E-state index in [1.165, 1.54) is 0 Å². The largest absolute Gasteiger partial charge is 0.504 e. The van der Waals surface area contributed by atoms with Crippen molar-refractivity contribution < 1.29 is 49.7 Å². The standard InChI is InChI=1S/C16H14O10.11C2H4/c17-9-3-7(4-10(18)13(9)21)15(23)25-1-2-26-16(24)8-5-11(19)14(22)12(20)6-8;11*1-2/h3-6,17-22H,1-2H2;11*1-2H2. The van der Waals surface area contributed by atoms with Crippen LogP contribution in [0.1, 0.15) is 20.7 Å². The highest BCUT2D eigenvalue weighted by Crippen LogP contribution is 2.36. The third kappa shape index (κ3) is 35.5. The number of ether oxygens (including phenoxy) is 2. The van der Waals surface area contributed by atoms with Gasteiger partial charge in [0.25, 0.3) is 0 Å². The van der Waals surface area contributed by atoms with E-state index in [2.05, 4.69) is 145 Å². The number of benzene rings is 2. The van der Waals surface area contributed by atoms with E-state index in [0.29, 0.717) is 0 Å². The van der Waals surface area contributed by atoms with Crippen LogP contribution < -0.4 is 0 Å². The van der Waals surface area contributed by atoms with Gasteiger partial charge in [-0.3, -0.25) is 0 Å². The lowest BCUT2D eigenvalue weighted by Crippen LogP contribution is -2.14. The quantitative estimate of drug-likeness (QED) is 0.0775. The minimum absolute atomic E-state index is 0.238. The number of carbonyl (C=O) groups excluding carboxylic acids is 2. The number of phenolic OH excluding ortho intramolecular Hbond substituents is 6. The van der Waals surface area contributed by atoms with Crippen LogP contribution in [0.25, 0.3) is 0 Å². The molecule has 0 saturated heterocycles. The van der Waals surface area contributed by atoms with Crippen molar-refractivity contribution in [2.75, 3.05) is 13.2 Å². The Kier molecular flexibility index (Phi) is 90.7. The average molecular weight is 675 g/mol. The van der Waals surface area contributed by atoms with Gasteiger partial charge in [-0.1, -0.05) is 0 Å². The zero-order chi connectivity index (χ0) is 41.4.